The maximum Gasteiger partial charge on any atom is 0.243 e. The molecule has 1 aliphatic rings. The number of carbonyl (C=O) groups excluding carboxylic acids is 1. The Balaban J connectivity index is 1.55. The summed E-state index contributed by atoms with van der Waals surface area (Å²) in [5, 5.41) is 0. The van der Waals surface area contributed by atoms with Crippen molar-refractivity contribution in [2.75, 3.05) is 31.9 Å². The highest BCUT2D eigenvalue weighted by Crippen LogP contribution is 2.21. The number of benzene rings is 2. The van der Waals surface area contributed by atoms with Crippen LogP contribution in [0.15, 0.2) is 58.3 Å². The van der Waals surface area contributed by atoms with Gasteiger partial charge in [-0.05, 0) is 43.3 Å². The lowest BCUT2D eigenvalue weighted by Gasteiger charge is -2.34. The van der Waals surface area contributed by atoms with Gasteiger partial charge in [0.05, 0.1) is 10.6 Å². The first-order valence-corrected chi connectivity index (χ1v) is 11.0. The molecule has 2 aromatic carbocycles. The van der Waals surface area contributed by atoms with Crippen molar-refractivity contribution >= 4 is 27.7 Å². The van der Waals surface area contributed by atoms with Gasteiger partial charge in [-0.1, -0.05) is 17.7 Å². The second-order valence-corrected chi connectivity index (χ2v) is 9.33. The Morgan fingerprint density at radius 3 is 2.37 bits per heavy atom. The van der Waals surface area contributed by atoms with Crippen LogP contribution in [0, 0.1) is 12.7 Å². The van der Waals surface area contributed by atoms with Crippen molar-refractivity contribution in [1.82, 2.24) is 9.21 Å². The van der Waals surface area contributed by atoms with Crippen molar-refractivity contribution in [2.45, 2.75) is 16.7 Å². The Kier molecular flexibility index (Phi) is 6.18. The number of sulfonamides is 1. The van der Waals surface area contributed by atoms with Crippen molar-refractivity contribution in [2.24, 2.45) is 0 Å². The van der Waals surface area contributed by atoms with E-state index in [2.05, 4.69) is 0 Å². The van der Waals surface area contributed by atoms with Crippen LogP contribution in [0.25, 0.3) is 0 Å². The monoisotopic (exact) mass is 408 g/mol. The van der Waals surface area contributed by atoms with E-state index in [0.717, 1.165) is 22.6 Å². The molecule has 1 saturated heterocycles. The van der Waals surface area contributed by atoms with Gasteiger partial charge in [0.1, 0.15) is 5.82 Å². The van der Waals surface area contributed by atoms with E-state index in [9.17, 15) is 17.6 Å². The second kappa shape index (κ2) is 8.41. The van der Waals surface area contributed by atoms with Gasteiger partial charge in [-0.2, -0.15) is 4.31 Å². The SMILES string of the molecule is Cc1cccc(SCC(=O)N2CCN(S(=O)(=O)c3ccc(F)cc3)CC2)c1. The van der Waals surface area contributed by atoms with Gasteiger partial charge in [0.25, 0.3) is 0 Å². The molecule has 1 aliphatic heterocycles. The number of halogens is 1. The summed E-state index contributed by atoms with van der Waals surface area (Å²) in [6, 6.07) is 12.8. The third kappa shape index (κ3) is 4.88. The van der Waals surface area contributed by atoms with Gasteiger partial charge in [-0.15, -0.1) is 11.8 Å². The Hall–Kier alpha value is -1.90. The van der Waals surface area contributed by atoms with E-state index >= 15 is 0 Å². The number of piperazine rings is 1. The summed E-state index contributed by atoms with van der Waals surface area (Å²) >= 11 is 1.48. The van der Waals surface area contributed by atoms with Crippen molar-refractivity contribution in [3.05, 3.63) is 59.9 Å². The van der Waals surface area contributed by atoms with E-state index in [0.29, 0.717) is 18.8 Å². The van der Waals surface area contributed by atoms with Crippen LogP contribution in [0.5, 0.6) is 0 Å². The highest BCUT2D eigenvalue weighted by molar-refractivity contribution is 8.00. The van der Waals surface area contributed by atoms with Crippen LogP contribution in [0.2, 0.25) is 0 Å². The van der Waals surface area contributed by atoms with E-state index in [1.807, 2.05) is 31.2 Å². The Morgan fingerprint density at radius 1 is 1.07 bits per heavy atom. The van der Waals surface area contributed by atoms with Crippen molar-refractivity contribution in [1.29, 1.82) is 0 Å². The molecule has 27 heavy (non-hydrogen) atoms. The minimum absolute atomic E-state index is 0.000311. The largest absolute Gasteiger partial charge is 0.339 e. The number of hydrogen-bond donors (Lipinski definition) is 0. The maximum absolute atomic E-state index is 13.0. The lowest BCUT2D eigenvalue weighted by Crippen LogP contribution is -2.50. The summed E-state index contributed by atoms with van der Waals surface area (Å²) < 4.78 is 39.6. The molecule has 0 bridgehead atoms. The lowest BCUT2D eigenvalue weighted by atomic mass is 10.2. The molecule has 5 nitrogen and oxygen atoms in total. The van der Waals surface area contributed by atoms with Gasteiger partial charge in [0.15, 0.2) is 0 Å². The first-order chi connectivity index (χ1) is 12.9. The van der Waals surface area contributed by atoms with Crippen LogP contribution in [-0.2, 0) is 14.8 Å². The van der Waals surface area contributed by atoms with E-state index in [1.54, 1.807) is 4.90 Å². The summed E-state index contributed by atoms with van der Waals surface area (Å²) in [6.45, 7) is 3.19. The predicted octanol–water partition coefficient (Wildman–Crippen LogP) is 2.76. The molecule has 2 aromatic rings. The molecule has 1 fully saturated rings. The number of rotatable bonds is 5. The molecular formula is C19H21FN2O3S2. The highest BCUT2D eigenvalue weighted by Gasteiger charge is 2.30. The smallest absolute Gasteiger partial charge is 0.243 e. The van der Waals surface area contributed by atoms with Crippen LogP contribution in [0.1, 0.15) is 5.56 Å². The number of nitrogens with zero attached hydrogens (tertiary/aromatic N) is 2. The normalized spacial score (nSPS) is 15.7. The minimum Gasteiger partial charge on any atom is -0.339 e. The summed E-state index contributed by atoms with van der Waals surface area (Å²) in [4.78, 5) is 15.2. The third-order valence-corrected chi connectivity index (χ3v) is 7.29. The standard InChI is InChI=1S/C19H21FN2O3S2/c1-15-3-2-4-17(13-15)26-14-19(23)21-9-11-22(12-10-21)27(24,25)18-7-5-16(20)6-8-18/h2-8,13H,9-12,14H2,1H3. The summed E-state index contributed by atoms with van der Waals surface area (Å²) in [6.07, 6.45) is 0. The second-order valence-electron chi connectivity index (χ2n) is 6.34. The Bertz CT molecular complexity index is 909. The number of aryl methyl sites for hydroxylation is 1. The zero-order valence-electron chi connectivity index (χ0n) is 15.0. The molecule has 0 aliphatic carbocycles. The fraction of sp³-hybridized carbons (Fsp3) is 0.316. The number of amides is 1. The van der Waals surface area contributed by atoms with Gasteiger partial charge in [0, 0.05) is 31.1 Å². The van der Waals surface area contributed by atoms with Crippen molar-refractivity contribution < 1.29 is 17.6 Å². The van der Waals surface area contributed by atoms with Gasteiger partial charge < -0.3 is 4.90 Å². The molecular weight excluding hydrogens is 387 g/mol. The first-order valence-electron chi connectivity index (χ1n) is 8.59. The van der Waals surface area contributed by atoms with Gasteiger partial charge in [-0.25, -0.2) is 12.8 Å². The van der Waals surface area contributed by atoms with E-state index in [-0.39, 0.29) is 23.9 Å². The number of carbonyl (C=O) groups is 1. The summed E-state index contributed by atoms with van der Waals surface area (Å²) in [5.74, 6) is -0.149. The average Bonchev–Trinajstić information content (AvgIpc) is 2.66. The number of thioether (sulfide) groups is 1. The van der Waals surface area contributed by atoms with Crippen molar-refractivity contribution in [3.8, 4) is 0 Å². The molecule has 1 heterocycles. The zero-order valence-corrected chi connectivity index (χ0v) is 16.6. The van der Waals surface area contributed by atoms with Crippen LogP contribution in [0.3, 0.4) is 0 Å². The van der Waals surface area contributed by atoms with E-state index in [4.69, 9.17) is 0 Å². The molecule has 0 atom stereocenters. The van der Waals surface area contributed by atoms with Gasteiger partial charge >= 0.3 is 0 Å². The van der Waals surface area contributed by atoms with Crippen LogP contribution < -0.4 is 0 Å². The van der Waals surface area contributed by atoms with Crippen LogP contribution >= 0.6 is 11.8 Å². The maximum atomic E-state index is 13.0. The van der Waals surface area contributed by atoms with Gasteiger partial charge in [-0.3, -0.25) is 4.79 Å². The predicted molar refractivity (Wildman–Crippen MR) is 104 cm³/mol. The first kappa shape index (κ1) is 19.9. The van der Waals surface area contributed by atoms with E-state index < -0.39 is 15.8 Å². The molecule has 3 rings (SSSR count). The zero-order chi connectivity index (χ0) is 19.4. The third-order valence-electron chi connectivity index (χ3n) is 4.39. The molecule has 0 spiro atoms. The molecule has 1 amide bonds. The average molecular weight is 409 g/mol. The molecule has 0 N–H and O–H groups in total. The number of hydrogen-bond acceptors (Lipinski definition) is 4. The van der Waals surface area contributed by atoms with Crippen LogP contribution in [-0.4, -0.2) is 55.5 Å². The van der Waals surface area contributed by atoms with Crippen molar-refractivity contribution in [3.63, 3.8) is 0 Å². The molecule has 8 heteroatoms. The highest BCUT2D eigenvalue weighted by atomic mass is 32.2. The molecule has 0 aromatic heterocycles. The molecule has 144 valence electrons. The lowest BCUT2D eigenvalue weighted by molar-refractivity contribution is -0.129. The summed E-state index contributed by atoms with van der Waals surface area (Å²) in [7, 11) is -3.66. The fourth-order valence-electron chi connectivity index (χ4n) is 2.87. The molecule has 0 saturated carbocycles. The Morgan fingerprint density at radius 2 is 1.74 bits per heavy atom. The summed E-state index contributed by atoms with van der Waals surface area (Å²) in [5.41, 5.74) is 1.15. The molecule has 0 unspecified atom stereocenters. The molecule has 0 radical (unpaired) electrons. The quantitative estimate of drug-likeness (QED) is 0.714. The minimum atomic E-state index is -3.66. The Labute approximate surface area is 163 Å². The van der Waals surface area contributed by atoms with Crippen LogP contribution in [0.4, 0.5) is 4.39 Å². The fourth-order valence-corrected chi connectivity index (χ4v) is 5.21. The van der Waals surface area contributed by atoms with E-state index in [1.165, 1.54) is 28.2 Å². The van der Waals surface area contributed by atoms with Gasteiger partial charge in [0.2, 0.25) is 15.9 Å². The topological polar surface area (TPSA) is 57.7 Å².